The minimum absolute atomic E-state index is 0.183. The SMILES string of the molecule is CCOC(=O)N1CCC(Nc2cncc(C(=O)NCc3cccnc3)c2)CC1. The lowest BCUT2D eigenvalue weighted by Gasteiger charge is -2.32. The average molecular weight is 383 g/mol. The van der Waals surface area contributed by atoms with Crippen molar-refractivity contribution in [1.82, 2.24) is 20.2 Å². The van der Waals surface area contributed by atoms with Crippen LogP contribution in [0.2, 0.25) is 0 Å². The summed E-state index contributed by atoms with van der Waals surface area (Å²) in [5.41, 5.74) is 2.23. The maximum atomic E-state index is 12.4. The third kappa shape index (κ3) is 5.42. The summed E-state index contributed by atoms with van der Waals surface area (Å²) in [7, 11) is 0. The Labute approximate surface area is 164 Å². The Hall–Kier alpha value is -3.16. The Bertz CT molecular complexity index is 791. The smallest absolute Gasteiger partial charge is 0.409 e. The standard InChI is InChI=1S/C20H25N5O3/c1-2-28-20(27)25-8-5-17(6-9-25)24-18-10-16(13-22-14-18)19(26)23-12-15-4-3-7-21-11-15/h3-4,7,10-11,13-14,17,24H,2,5-6,8-9,12H2,1H3,(H,23,26). The minimum Gasteiger partial charge on any atom is -0.450 e. The molecule has 0 saturated carbocycles. The molecule has 1 fully saturated rings. The number of hydrogen-bond acceptors (Lipinski definition) is 6. The fourth-order valence-electron chi connectivity index (χ4n) is 3.09. The maximum absolute atomic E-state index is 12.4. The molecule has 1 aliphatic rings. The highest BCUT2D eigenvalue weighted by atomic mass is 16.6. The third-order valence-corrected chi connectivity index (χ3v) is 4.57. The van der Waals surface area contributed by atoms with Gasteiger partial charge in [0.1, 0.15) is 0 Å². The van der Waals surface area contributed by atoms with Crippen LogP contribution in [0.3, 0.4) is 0 Å². The largest absolute Gasteiger partial charge is 0.450 e. The molecule has 1 saturated heterocycles. The molecule has 0 unspecified atom stereocenters. The fourth-order valence-corrected chi connectivity index (χ4v) is 3.09. The van der Waals surface area contributed by atoms with E-state index in [0.717, 1.165) is 24.1 Å². The number of ether oxygens (including phenoxy) is 1. The first-order valence-corrected chi connectivity index (χ1v) is 9.46. The van der Waals surface area contributed by atoms with Crippen molar-refractivity contribution in [3.8, 4) is 0 Å². The summed E-state index contributed by atoms with van der Waals surface area (Å²) < 4.78 is 5.04. The van der Waals surface area contributed by atoms with Crippen LogP contribution in [-0.2, 0) is 11.3 Å². The van der Waals surface area contributed by atoms with Gasteiger partial charge in [-0.2, -0.15) is 0 Å². The number of likely N-dealkylation sites (tertiary alicyclic amines) is 1. The predicted octanol–water partition coefficient (Wildman–Crippen LogP) is 2.44. The van der Waals surface area contributed by atoms with Gasteiger partial charge in [-0.25, -0.2) is 4.79 Å². The maximum Gasteiger partial charge on any atom is 0.409 e. The second kappa shape index (κ2) is 9.68. The Morgan fingerprint density at radius 2 is 2.04 bits per heavy atom. The summed E-state index contributed by atoms with van der Waals surface area (Å²) in [4.78, 5) is 34.1. The molecule has 3 rings (SSSR count). The summed E-state index contributed by atoms with van der Waals surface area (Å²) in [5, 5.41) is 6.28. The topological polar surface area (TPSA) is 96.5 Å². The van der Waals surface area contributed by atoms with Crippen LogP contribution in [0.5, 0.6) is 0 Å². The van der Waals surface area contributed by atoms with Gasteiger partial charge in [0.05, 0.1) is 17.9 Å². The summed E-state index contributed by atoms with van der Waals surface area (Å²) in [6, 6.07) is 5.76. The number of nitrogens with one attached hydrogen (secondary N) is 2. The second-order valence-corrected chi connectivity index (χ2v) is 6.61. The highest BCUT2D eigenvalue weighted by Gasteiger charge is 2.23. The molecule has 0 atom stereocenters. The van der Waals surface area contributed by atoms with Crippen molar-refractivity contribution >= 4 is 17.7 Å². The molecular weight excluding hydrogens is 358 g/mol. The van der Waals surface area contributed by atoms with E-state index in [0.29, 0.717) is 31.8 Å². The van der Waals surface area contributed by atoms with Gasteiger partial charge in [0, 0.05) is 50.5 Å². The van der Waals surface area contributed by atoms with E-state index in [1.807, 2.05) is 12.1 Å². The number of carbonyl (C=O) groups is 2. The molecular formula is C20H25N5O3. The Morgan fingerprint density at radius 3 is 2.75 bits per heavy atom. The zero-order chi connectivity index (χ0) is 19.8. The minimum atomic E-state index is -0.255. The number of anilines is 1. The second-order valence-electron chi connectivity index (χ2n) is 6.61. The number of nitrogens with zero attached hydrogens (tertiary/aromatic N) is 3. The first kappa shape index (κ1) is 19.6. The summed E-state index contributed by atoms with van der Waals surface area (Å²) in [6.45, 7) is 3.90. The zero-order valence-corrected chi connectivity index (χ0v) is 15.9. The normalized spacial score (nSPS) is 14.4. The van der Waals surface area contributed by atoms with Gasteiger partial charge in [-0.1, -0.05) is 6.07 Å². The molecule has 148 valence electrons. The number of hydrogen-bond donors (Lipinski definition) is 2. The van der Waals surface area contributed by atoms with Gasteiger partial charge >= 0.3 is 6.09 Å². The van der Waals surface area contributed by atoms with Crippen LogP contribution in [0.4, 0.5) is 10.5 Å². The van der Waals surface area contributed by atoms with Crippen LogP contribution >= 0.6 is 0 Å². The van der Waals surface area contributed by atoms with Gasteiger partial charge in [-0.3, -0.25) is 14.8 Å². The molecule has 1 aliphatic heterocycles. The zero-order valence-electron chi connectivity index (χ0n) is 15.9. The van der Waals surface area contributed by atoms with Crippen molar-refractivity contribution in [2.75, 3.05) is 25.0 Å². The monoisotopic (exact) mass is 383 g/mol. The van der Waals surface area contributed by atoms with E-state index in [9.17, 15) is 9.59 Å². The van der Waals surface area contributed by atoms with Crippen molar-refractivity contribution in [1.29, 1.82) is 0 Å². The van der Waals surface area contributed by atoms with Gasteiger partial charge in [-0.15, -0.1) is 0 Å². The van der Waals surface area contributed by atoms with Crippen LogP contribution < -0.4 is 10.6 Å². The van der Waals surface area contributed by atoms with E-state index in [-0.39, 0.29) is 18.0 Å². The van der Waals surface area contributed by atoms with E-state index < -0.39 is 0 Å². The highest BCUT2D eigenvalue weighted by Crippen LogP contribution is 2.17. The molecule has 0 aliphatic carbocycles. The molecule has 2 N–H and O–H groups in total. The molecule has 28 heavy (non-hydrogen) atoms. The Kier molecular flexibility index (Phi) is 6.78. The van der Waals surface area contributed by atoms with Gasteiger partial charge in [0.2, 0.25) is 0 Å². The van der Waals surface area contributed by atoms with Gasteiger partial charge < -0.3 is 20.3 Å². The number of rotatable bonds is 6. The van der Waals surface area contributed by atoms with Gasteiger partial charge in [0.15, 0.2) is 0 Å². The molecule has 2 amide bonds. The molecule has 0 bridgehead atoms. The van der Waals surface area contributed by atoms with Crippen LogP contribution in [0.15, 0.2) is 43.0 Å². The number of pyridine rings is 2. The lowest BCUT2D eigenvalue weighted by atomic mass is 10.1. The van der Waals surface area contributed by atoms with E-state index in [1.54, 1.807) is 42.7 Å². The molecule has 8 nitrogen and oxygen atoms in total. The number of aromatic nitrogens is 2. The Morgan fingerprint density at radius 1 is 1.21 bits per heavy atom. The van der Waals surface area contributed by atoms with E-state index >= 15 is 0 Å². The summed E-state index contributed by atoms with van der Waals surface area (Å²) in [5.74, 6) is -0.183. The van der Waals surface area contributed by atoms with Gasteiger partial charge in [0.25, 0.3) is 5.91 Å². The first-order chi connectivity index (χ1) is 13.7. The predicted molar refractivity (Wildman–Crippen MR) is 105 cm³/mol. The number of carbonyl (C=O) groups excluding carboxylic acids is 2. The van der Waals surface area contributed by atoms with Crippen molar-refractivity contribution in [2.24, 2.45) is 0 Å². The summed E-state index contributed by atoms with van der Waals surface area (Å²) >= 11 is 0. The van der Waals surface area contributed by atoms with Crippen LogP contribution in [-0.4, -0.2) is 52.6 Å². The van der Waals surface area contributed by atoms with Crippen molar-refractivity contribution in [3.63, 3.8) is 0 Å². The molecule has 0 spiro atoms. The lowest BCUT2D eigenvalue weighted by Crippen LogP contribution is -2.42. The first-order valence-electron chi connectivity index (χ1n) is 9.46. The number of piperidine rings is 1. The molecule has 8 heteroatoms. The van der Waals surface area contributed by atoms with E-state index in [1.165, 1.54) is 0 Å². The van der Waals surface area contributed by atoms with Crippen molar-refractivity contribution < 1.29 is 14.3 Å². The van der Waals surface area contributed by atoms with Crippen molar-refractivity contribution in [3.05, 3.63) is 54.1 Å². The van der Waals surface area contributed by atoms with Crippen molar-refractivity contribution in [2.45, 2.75) is 32.4 Å². The van der Waals surface area contributed by atoms with Gasteiger partial charge in [-0.05, 0) is 37.5 Å². The molecule has 2 aromatic rings. The lowest BCUT2D eigenvalue weighted by molar-refractivity contribution is 0.0948. The molecule has 0 radical (unpaired) electrons. The van der Waals surface area contributed by atoms with Crippen LogP contribution in [0.25, 0.3) is 0 Å². The molecule has 3 heterocycles. The molecule has 2 aromatic heterocycles. The third-order valence-electron chi connectivity index (χ3n) is 4.57. The Balaban J connectivity index is 1.51. The van der Waals surface area contributed by atoms with Crippen LogP contribution in [0.1, 0.15) is 35.7 Å². The highest BCUT2D eigenvalue weighted by molar-refractivity contribution is 5.94. The quantitative estimate of drug-likeness (QED) is 0.795. The van der Waals surface area contributed by atoms with E-state index in [4.69, 9.17) is 4.74 Å². The molecule has 0 aromatic carbocycles. The van der Waals surface area contributed by atoms with E-state index in [2.05, 4.69) is 20.6 Å². The average Bonchev–Trinajstić information content (AvgIpc) is 2.73. The fraction of sp³-hybridized carbons (Fsp3) is 0.400. The summed E-state index contributed by atoms with van der Waals surface area (Å²) in [6.07, 6.45) is 8.05. The number of amides is 2. The van der Waals surface area contributed by atoms with Crippen LogP contribution in [0, 0.1) is 0 Å².